The summed E-state index contributed by atoms with van der Waals surface area (Å²) in [6.07, 6.45) is 11.5. The SMILES string of the molecule is C=CC(C)=COc1cccc(C)c1.C[SiH](C)[Ti][C]1=CC=CC1. The number of aryl methyl sites for hydroxylation is 1. The van der Waals surface area contributed by atoms with Crippen molar-refractivity contribution in [3.05, 3.63) is 76.4 Å². The molecule has 1 nitrogen and oxygen atoms in total. The summed E-state index contributed by atoms with van der Waals surface area (Å²) < 4.78 is 7.18. The Hall–Kier alpha value is -1.09. The van der Waals surface area contributed by atoms with Crippen LogP contribution in [0.4, 0.5) is 0 Å². The van der Waals surface area contributed by atoms with Crippen molar-refractivity contribution < 1.29 is 23.1 Å². The first-order chi connectivity index (χ1) is 10.5. The molecule has 0 spiro atoms. The predicted octanol–water partition coefficient (Wildman–Crippen LogP) is 5.36. The van der Waals surface area contributed by atoms with E-state index in [2.05, 4.69) is 37.9 Å². The molecule has 116 valence electrons. The van der Waals surface area contributed by atoms with Gasteiger partial charge >= 0.3 is 66.7 Å². The van der Waals surface area contributed by atoms with E-state index in [1.807, 2.05) is 38.1 Å². The van der Waals surface area contributed by atoms with E-state index in [0.717, 1.165) is 11.3 Å². The molecule has 3 heteroatoms. The van der Waals surface area contributed by atoms with Gasteiger partial charge in [0, 0.05) is 0 Å². The van der Waals surface area contributed by atoms with Gasteiger partial charge in [-0.1, -0.05) is 24.8 Å². The van der Waals surface area contributed by atoms with Crippen LogP contribution < -0.4 is 4.74 Å². The van der Waals surface area contributed by atoms with Crippen molar-refractivity contribution >= 4 is 6.66 Å². The summed E-state index contributed by atoms with van der Waals surface area (Å²) in [6.45, 7) is 12.3. The molecule has 0 saturated carbocycles. The number of allylic oxidation sites excluding steroid dienone is 6. The Bertz CT molecular complexity index is 571. The van der Waals surface area contributed by atoms with Crippen LogP contribution in [0.1, 0.15) is 18.9 Å². The summed E-state index contributed by atoms with van der Waals surface area (Å²) >= 11 is 0.375. The van der Waals surface area contributed by atoms with E-state index >= 15 is 0 Å². The second kappa shape index (κ2) is 10.6. The zero-order valence-electron chi connectivity index (χ0n) is 14.1. The van der Waals surface area contributed by atoms with E-state index < -0.39 is 0 Å². The Labute approximate surface area is 145 Å². The molecule has 0 aliphatic heterocycles. The van der Waals surface area contributed by atoms with Crippen LogP contribution in [0, 0.1) is 6.92 Å². The summed E-state index contributed by atoms with van der Waals surface area (Å²) in [5, 5.41) is 0. The van der Waals surface area contributed by atoms with E-state index in [4.69, 9.17) is 4.74 Å². The third kappa shape index (κ3) is 8.38. The summed E-state index contributed by atoms with van der Waals surface area (Å²) in [4.78, 5) is 0. The molecule has 0 radical (unpaired) electrons. The molecule has 0 atom stereocenters. The van der Waals surface area contributed by atoms with Crippen LogP contribution in [0.5, 0.6) is 5.75 Å². The zero-order chi connectivity index (χ0) is 16.4. The van der Waals surface area contributed by atoms with Crippen LogP contribution >= 0.6 is 0 Å². The first-order valence-corrected chi connectivity index (χ1v) is 14.0. The van der Waals surface area contributed by atoms with Crippen LogP contribution in [0.2, 0.25) is 13.1 Å². The molecule has 22 heavy (non-hydrogen) atoms. The molecule has 1 aromatic rings. The fraction of sp³-hybridized carbons (Fsp3) is 0.263. The van der Waals surface area contributed by atoms with Crippen molar-refractivity contribution in [2.45, 2.75) is 33.4 Å². The summed E-state index contributed by atoms with van der Waals surface area (Å²) in [7, 11) is 0. The summed E-state index contributed by atoms with van der Waals surface area (Å²) in [6, 6.07) is 7.94. The number of hydrogen-bond donors (Lipinski definition) is 0. The van der Waals surface area contributed by atoms with Crippen molar-refractivity contribution in [2.24, 2.45) is 0 Å². The molecular formula is C19H26OSiTi. The Morgan fingerprint density at radius 3 is 2.68 bits per heavy atom. The number of ether oxygens (including phenoxy) is 1. The van der Waals surface area contributed by atoms with Gasteiger partial charge in [-0.15, -0.1) is 0 Å². The van der Waals surface area contributed by atoms with Gasteiger partial charge in [-0.05, 0) is 37.1 Å². The number of rotatable bonds is 5. The molecular weight excluding hydrogens is 320 g/mol. The van der Waals surface area contributed by atoms with Crippen LogP contribution in [-0.4, -0.2) is 6.66 Å². The van der Waals surface area contributed by atoms with Crippen LogP contribution in [0.3, 0.4) is 0 Å². The second-order valence-corrected chi connectivity index (χ2v) is 16.0. The molecule has 0 amide bonds. The van der Waals surface area contributed by atoms with E-state index in [0.29, 0.717) is 18.4 Å². The van der Waals surface area contributed by atoms with Gasteiger partial charge < -0.3 is 4.74 Å². The van der Waals surface area contributed by atoms with Crippen molar-refractivity contribution in [1.29, 1.82) is 0 Å². The fourth-order valence-electron chi connectivity index (χ4n) is 1.82. The molecule has 1 aliphatic carbocycles. The molecule has 0 N–H and O–H groups in total. The summed E-state index contributed by atoms with van der Waals surface area (Å²) in [5.74, 6) is 0.862. The van der Waals surface area contributed by atoms with Crippen LogP contribution in [0.15, 0.2) is 70.9 Å². The standard InChI is InChI=1S/C12H14O.C5H5.C2H7Si.Ti/c1-4-10(2)9-13-12-7-5-6-11(3)8-12;1-2-4-5-3-1;1-3-2;/h4-9H,1H2,2-3H3;1-3H,4H2;3H,1-2H3;. The first-order valence-electron chi connectivity index (χ1n) is 7.66. The Kier molecular flexibility index (Phi) is 9.14. The Morgan fingerprint density at radius 1 is 1.36 bits per heavy atom. The molecule has 2 rings (SSSR count). The van der Waals surface area contributed by atoms with Gasteiger partial charge in [0.05, 0.1) is 6.26 Å². The van der Waals surface area contributed by atoms with Gasteiger partial charge in [-0.25, -0.2) is 0 Å². The maximum atomic E-state index is 5.41. The fourth-order valence-corrected chi connectivity index (χ4v) is 7.59. The van der Waals surface area contributed by atoms with Crippen molar-refractivity contribution in [3.8, 4) is 5.75 Å². The normalized spacial score (nSPS) is 13.3. The quantitative estimate of drug-likeness (QED) is 0.396. The molecule has 0 fully saturated rings. The van der Waals surface area contributed by atoms with E-state index in [-0.39, 0.29) is 6.66 Å². The van der Waals surface area contributed by atoms with E-state index in [1.165, 1.54) is 12.0 Å². The van der Waals surface area contributed by atoms with Crippen molar-refractivity contribution in [2.75, 3.05) is 0 Å². The molecule has 0 saturated heterocycles. The minimum atomic E-state index is -0.207. The molecule has 0 bridgehead atoms. The summed E-state index contributed by atoms with van der Waals surface area (Å²) in [5.41, 5.74) is 2.21. The topological polar surface area (TPSA) is 9.23 Å². The van der Waals surface area contributed by atoms with Gasteiger partial charge in [-0.3, -0.25) is 0 Å². The van der Waals surface area contributed by atoms with Gasteiger partial charge in [0.25, 0.3) is 0 Å². The third-order valence-corrected chi connectivity index (χ3v) is 8.91. The first kappa shape index (κ1) is 19.0. The van der Waals surface area contributed by atoms with Crippen LogP contribution in [0.25, 0.3) is 0 Å². The molecule has 0 unspecified atom stereocenters. The van der Waals surface area contributed by atoms with Gasteiger partial charge in [0.2, 0.25) is 0 Å². The second-order valence-electron chi connectivity index (χ2n) is 5.62. The third-order valence-electron chi connectivity index (χ3n) is 2.94. The molecule has 0 heterocycles. The molecule has 1 aromatic carbocycles. The minimum absolute atomic E-state index is 0.207. The predicted molar refractivity (Wildman–Crippen MR) is 96.5 cm³/mol. The molecule has 1 aliphatic rings. The van der Waals surface area contributed by atoms with Gasteiger partial charge in [0.15, 0.2) is 0 Å². The average Bonchev–Trinajstić information content (AvgIpc) is 2.97. The zero-order valence-corrected chi connectivity index (χ0v) is 16.8. The average molecular weight is 346 g/mol. The van der Waals surface area contributed by atoms with Gasteiger partial charge in [-0.2, -0.15) is 0 Å². The van der Waals surface area contributed by atoms with Crippen molar-refractivity contribution in [1.82, 2.24) is 0 Å². The molecule has 0 aromatic heterocycles. The monoisotopic (exact) mass is 346 g/mol. The van der Waals surface area contributed by atoms with Gasteiger partial charge in [0.1, 0.15) is 5.75 Å². The van der Waals surface area contributed by atoms with E-state index in [9.17, 15) is 0 Å². The van der Waals surface area contributed by atoms with E-state index in [1.54, 1.807) is 16.2 Å². The number of benzene rings is 1. The maximum absolute atomic E-state index is 5.41. The Morgan fingerprint density at radius 2 is 2.14 bits per heavy atom. The Balaban J connectivity index is 0.000000235. The number of hydrogen-bond acceptors (Lipinski definition) is 1. The van der Waals surface area contributed by atoms with Crippen molar-refractivity contribution in [3.63, 3.8) is 0 Å². The van der Waals surface area contributed by atoms with Crippen LogP contribution in [-0.2, 0) is 18.4 Å².